The van der Waals surface area contributed by atoms with Gasteiger partial charge in [-0.3, -0.25) is 24.5 Å². The zero-order valence-electron chi connectivity index (χ0n) is 19.5. The third kappa shape index (κ3) is 5.91. The molecule has 0 saturated heterocycles. The van der Waals surface area contributed by atoms with E-state index in [1.54, 1.807) is 41.5 Å². The Hall–Kier alpha value is -2.81. The van der Waals surface area contributed by atoms with E-state index in [1.165, 1.54) is 31.2 Å². The molecular weight excluding hydrogens is 418 g/mol. The van der Waals surface area contributed by atoms with Crippen molar-refractivity contribution in [3.05, 3.63) is 39.9 Å². The Morgan fingerprint density at radius 1 is 1.09 bits per heavy atom. The Labute approximate surface area is 187 Å². The number of carbonyl (C=O) groups excluding carboxylic acids is 3. The predicted molar refractivity (Wildman–Crippen MR) is 115 cm³/mol. The molecule has 4 atom stereocenters. The minimum absolute atomic E-state index is 0.194. The predicted octanol–water partition coefficient (Wildman–Crippen LogP) is 3.32. The molecule has 0 spiro atoms. The van der Waals surface area contributed by atoms with Crippen molar-refractivity contribution >= 4 is 23.4 Å². The molecule has 1 N–H and O–H groups in total. The fourth-order valence-corrected chi connectivity index (χ4v) is 3.99. The number of hydrogen-bond acceptors (Lipinski definition) is 8. The first kappa shape index (κ1) is 25.5. The van der Waals surface area contributed by atoms with Crippen molar-refractivity contribution < 1.29 is 33.9 Å². The average molecular weight is 450 g/mol. The van der Waals surface area contributed by atoms with Gasteiger partial charge in [0.05, 0.1) is 16.4 Å². The van der Waals surface area contributed by atoms with Crippen molar-refractivity contribution in [2.24, 2.45) is 11.8 Å². The highest BCUT2D eigenvalue weighted by molar-refractivity contribution is 6.03. The monoisotopic (exact) mass is 449 g/mol. The zero-order chi connectivity index (χ0) is 24.6. The van der Waals surface area contributed by atoms with Crippen LogP contribution in [-0.2, 0) is 23.9 Å². The Kier molecular flexibility index (Phi) is 6.85. The number of Topliss-reactive ketones (excluding diaryl/α,β-unsaturated/α-hetero) is 1. The van der Waals surface area contributed by atoms with Crippen LogP contribution in [0.1, 0.15) is 66.4 Å². The number of rotatable bonds is 4. The smallest absolute Gasteiger partial charge is 0.317 e. The van der Waals surface area contributed by atoms with E-state index in [0.717, 1.165) is 0 Å². The second kappa shape index (κ2) is 8.61. The second-order valence-electron chi connectivity index (χ2n) is 10.4. The minimum atomic E-state index is -1.84. The maximum absolute atomic E-state index is 13.2. The summed E-state index contributed by atoms with van der Waals surface area (Å²) < 4.78 is 11.0. The topological polar surface area (TPSA) is 133 Å². The molecule has 0 aliphatic heterocycles. The van der Waals surface area contributed by atoms with Crippen LogP contribution in [0.2, 0.25) is 0 Å². The lowest BCUT2D eigenvalue weighted by molar-refractivity contribution is -0.385. The molecule has 32 heavy (non-hydrogen) atoms. The summed E-state index contributed by atoms with van der Waals surface area (Å²) in [6, 6.07) is 5.35. The third-order valence-corrected chi connectivity index (χ3v) is 5.05. The lowest BCUT2D eigenvalue weighted by Crippen LogP contribution is -2.56. The van der Waals surface area contributed by atoms with E-state index in [1.807, 2.05) is 0 Å². The van der Waals surface area contributed by atoms with Gasteiger partial charge in [0, 0.05) is 24.5 Å². The van der Waals surface area contributed by atoms with Gasteiger partial charge in [-0.1, -0.05) is 12.1 Å². The highest BCUT2D eigenvalue weighted by atomic mass is 16.6. The van der Waals surface area contributed by atoms with E-state index in [2.05, 4.69) is 0 Å². The zero-order valence-corrected chi connectivity index (χ0v) is 19.5. The number of nitrogens with zero attached hydrogens (tertiary/aromatic N) is 1. The molecule has 2 rings (SSSR count). The van der Waals surface area contributed by atoms with E-state index >= 15 is 0 Å². The molecule has 176 valence electrons. The number of ether oxygens (including phenoxy) is 2. The number of hydrogen-bond donors (Lipinski definition) is 1. The minimum Gasteiger partial charge on any atom is -0.460 e. The molecule has 1 aromatic carbocycles. The Morgan fingerprint density at radius 3 is 2.12 bits per heavy atom. The summed E-state index contributed by atoms with van der Waals surface area (Å²) in [6.45, 7) is 11.2. The van der Waals surface area contributed by atoms with Crippen LogP contribution in [0.25, 0.3) is 0 Å². The maximum atomic E-state index is 13.2. The molecule has 0 amide bonds. The first-order chi connectivity index (χ1) is 14.4. The van der Waals surface area contributed by atoms with Crippen molar-refractivity contribution in [2.75, 3.05) is 0 Å². The van der Waals surface area contributed by atoms with Gasteiger partial charge in [0.25, 0.3) is 5.69 Å². The van der Waals surface area contributed by atoms with Crippen molar-refractivity contribution in [1.29, 1.82) is 0 Å². The molecule has 0 heterocycles. The molecular formula is C23H31NO8. The van der Waals surface area contributed by atoms with E-state index < -0.39 is 63.6 Å². The van der Waals surface area contributed by atoms with Crippen LogP contribution in [0.15, 0.2) is 24.3 Å². The summed E-state index contributed by atoms with van der Waals surface area (Å²) in [6.07, 6.45) is -0.466. The van der Waals surface area contributed by atoms with Crippen LogP contribution in [-0.4, -0.2) is 44.6 Å². The lowest BCUT2D eigenvalue weighted by Gasteiger charge is -2.44. The second-order valence-corrected chi connectivity index (χ2v) is 10.4. The van der Waals surface area contributed by atoms with Gasteiger partial charge in [0.15, 0.2) is 5.78 Å². The number of ketones is 1. The number of non-ortho nitro benzene ring substituents is 1. The summed E-state index contributed by atoms with van der Waals surface area (Å²) in [5.41, 5.74) is -3.73. The van der Waals surface area contributed by atoms with E-state index in [9.17, 15) is 29.6 Å². The molecule has 1 aromatic rings. The molecule has 1 fully saturated rings. The van der Waals surface area contributed by atoms with Crippen molar-refractivity contribution in [3.8, 4) is 0 Å². The van der Waals surface area contributed by atoms with Gasteiger partial charge in [-0.2, -0.15) is 0 Å². The van der Waals surface area contributed by atoms with Crippen LogP contribution in [0.3, 0.4) is 0 Å². The Balaban J connectivity index is 2.70. The summed E-state index contributed by atoms with van der Waals surface area (Å²) >= 11 is 0. The van der Waals surface area contributed by atoms with Gasteiger partial charge in [0.2, 0.25) is 0 Å². The van der Waals surface area contributed by atoms with Gasteiger partial charge in [-0.25, -0.2) is 0 Å². The van der Waals surface area contributed by atoms with Gasteiger partial charge in [-0.15, -0.1) is 0 Å². The number of esters is 2. The molecule has 1 saturated carbocycles. The number of carbonyl (C=O) groups is 3. The lowest BCUT2D eigenvalue weighted by atomic mass is 9.61. The number of nitro benzene ring substituents is 1. The largest absolute Gasteiger partial charge is 0.460 e. The molecule has 9 nitrogen and oxygen atoms in total. The molecule has 1 aliphatic rings. The fourth-order valence-electron chi connectivity index (χ4n) is 3.99. The molecule has 1 aliphatic carbocycles. The van der Waals surface area contributed by atoms with Crippen LogP contribution >= 0.6 is 0 Å². The van der Waals surface area contributed by atoms with Crippen LogP contribution < -0.4 is 0 Å². The normalized spacial score (nSPS) is 26.4. The molecule has 0 aromatic heterocycles. The highest BCUT2D eigenvalue weighted by Crippen LogP contribution is 2.47. The van der Waals surface area contributed by atoms with Crippen molar-refractivity contribution in [3.63, 3.8) is 0 Å². The Bertz CT molecular complexity index is 923. The van der Waals surface area contributed by atoms with Crippen molar-refractivity contribution in [1.82, 2.24) is 0 Å². The van der Waals surface area contributed by atoms with E-state index in [0.29, 0.717) is 0 Å². The van der Waals surface area contributed by atoms with Crippen molar-refractivity contribution in [2.45, 2.75) is 77.6 Å². The number of aliphatic hydroxyl groups is 1. The quantitative estimate of drug-likeness (QED) is 0.320. The van der Waals surface area contributed by atoms with Gasteiger partial charge >= 0.3 is 11.9 Å². The number of nitro groups is 1. The molecule has 0 radical (unpaired) electrons. The summed E-state index contributed by atoms with van der Waals surface area (Å²) in [7, 11) is 0. The van der Waals surface area contributed by atoms with Crippen LogP contribution in [0.4, 0.5) is 5.69 Å². The van der Waals surface area contributed by atoms with Gasteiger partial charge in [-0.05, 0) is 54.0 Å². The molecule has 0 unspecified atom stereocenters. The average Bonchev–Trinajstić information content (AvgIpc) is 2.56. The molecule has 9 heteroatoms. The summed E-state index contributed by atoms with van der Waals surface area (Å²) in [5.74, 6) is -6.26. The van der Waals surface area contributed by atoms with E-state index in [-0.39, 0.29) is 11.3 Å². The number of benzene rings is 1. The summed E-state index contributed by atoms with van der Waals surface area (Å²) in [5, 5.41) is 22.4. The van der Waals surface area contributed by atoms with E-state index in [4.69, 9.17) is 9.47 Å². The first-order valence-corrected chi connectivity index (χ1v) is 10.4. The summed E-state index contributed by atoms with van der Waals surface area (Å²) in [4.78, 5) is 50.1. The van der Waals surface area contributed by atoms with Gasteiger partial charge < -0.3 is 14.6 Å². The highest BCUT2D eigenvalue weighted by Gasteiger charge is 2.58. The maximum Gasteiger partial charge on any atom is 0.317 e. The SMILES string of the molecule is CC(C)(C)OC(=O)[C@@H]1C(=O)C[C@](C)(O)[C@H](C(=O)OC(C)(C)C)[C@@H]1c1cccc([N+](=O)[O-])c1. The molecule has 0 bridgehead atoms. The first-order valence-electron chi connectivity index (χ1n) is 10.4. The van der Waals surface area contributed by atoms with Crippen LogP contribution in [0, 0.1) is 22.0 Å². The van der Waals surface area contributed by atoms with Gasteiger partial charge in [0.1, 0.15) is 17.1 Å². The standard InChI is InChI=1S/C23H31NO8/c1-21(2,3)31-19(26)17-15(25)12-23(7,28)18(20(27)32-22(4,5)6)16(17)13-9-8-10-14(11-13)24(29)30/h8-11,16-18,28H,12H2,1-7H3/t16-,17-,18+,23+/m1/s1. The third-order valence-electron chi connectivity index (χ3n) is 5.05. The Morgan fingerprint density at radius 2 is 1.62 bits per heavy atom. The fraction of sp³-hybridized carbons (Fsp3) is 0.609. The van der Waals surface area contributed by atoms with Crippen LogP contribution in [0.5, 0.6) is 0 Å².